The Kier molecular flexibility index (Phi) is 4.77. The van der Waals surface area contributed by atoms with Crippen LogP contribution in [-0.4, -0.2) is 22.6 Å². The highest BCUT2D eigenvalue weighted by molar-refractivity contribution is 5.86. The topological polar surface area (TPSA) is 44.1 Å². The highest BCUT2D eigenvalue weighted by Crippen LogP contribution is 2.40. The summed E-state index contributed by atoms with van der Waals surface area (Å²) in [6.07, 6.45) is 3.44. The first-order valence-corrected chi connectivity index (χ1v) is 9.06. The second kappa shape index (κ2) is 7.53. The lowest BCUT2D eigenvalue weighted by atomic mass is 9.77. The van der Waals surface area contributed by atoms with Crippen LogP contribution in [-0.2, 0) is 10.3 Å². The molecule has 3 aromatic carbocycles. The number of rotatable bonds is 5. The zero-order valence-electron chi connectivity index (χ0n) is 15.5. The molecule has 0 saturated heterocycles. The molecule has 0 N–H and O–H groups in total. The van der Waals surface area contributed by atoms with E-state index in [9.17, 15) is 4.79 Å². The number of benzene rings is 3. The van der Waals surface area contributed by atoms with Crippen LogP contribution in [0.3, 0.4) is 0 Å². The van der Waals surface area contributed by atoms with Crippen LogP contribution >= 0.6 is 0 Å². The third-order valence-corrected chi connectivity index (χ3v) is 4.94. The minimum atomic E-state index is -0.678. The van der Waals surface area contributed by atoms with Crippen LogP contribution in [0, 0.1) is 0 Å². The molecule has 1 heterocycles. The molecule has 0 amide bonds. The number of carbonyl (C=O) groups is 1. The number of carbonyl (C=O) groups excluding carboxylic acids is 1. The third kappa shape index (κ3) is 2.89. The van der Waals surface area contributed by atoms with Crippen molar-refractivity contribution < 1.29 is 9.53 Å². The van der Waals surface area contributed by atoms with Gasteiger partial charge in [0.1, 0.15) is 5.54 Å². The SMILES string of the molecule is COC(=O)c1cn(C(c2ccccc2)(c2ccccc2)c2ccccc2)cn1. The summed E-state index contributed by atoms with van der Waals surface area (Å²) < 4.78 is 6.85. The highest BCUT2D eigenvalue weighted by Gasteiger charge is 2.38. The first-order valence-electron chi connectivity index (χ1n) is 9.06. The molecule has 4 aromatic rings. The van der Waals surface area contributed by atoms with Gasteiger partial charge >= 0.3 is 5.97 Å². The molecule has 1 aromatic heterocycles. The Balaban J connectivity index is 2.07. The van der Waals surface area contributed by atoms with Gasteiger partial charge in [0.2, 0.25) is 0 Å². The van der Waals surface area contributed by atoms with Crippen LogP contribution < -0.4 is 0 Å². The number of nitrogens with zero attached hydrogens (tertiary/aromatic N) is 2. The van der Waals surface area contributed by atoms with E-state index in [4.69, 9.17) is 4.74 Å². The molecule has 0 bridgehead atoms. The molecule has 0 saturated carbocycles. The molecule has 0 spiro atoms. The largest absolute Gasteiger partial charge is 0.464 e. The number of imidazole rings is 1. The summed E-state index contributed by atoms with van der Waals surface area (Å²) in [6.45, 7) is 0. The smallest absolute Gasteiger partial charge is 0.358 e. The Morgan fingerprint density at radius 1 is 0.786 bits per heavy atom. The van der Waals surface area contributed by atoms with Gasteiger partial charge in [0.15, 0.2) is 5.69 Å². The van der Waals surface area contributed by atoms with Gasteiger partial charge in [-0.1, -0.05) is 91.0 Å². The summed E-state index contributed by atoms with van der Waals surface area (Å²) in [5.41, 5.74) is 2.81. The number of methoxy groups -OCH3 is 1. The lowest BCUT2D eigenvalue weighted by Crippen LogP contribution is -2.37. The molecule has 0 unspecified atom stereocenters. The average molecular weight is 368 g/mol. The summed E-state index contributed by atoms with van der Waals surface area (Å²) in [5.74, 6) is -0.457. The van der Waals surface area contributed by atoms with Crippen molar-refractivity contribution in [3.05, 3.63) is 126 Å². The molecule has 4 heteroatoms. The summed E-state index contributed by atoms with van der Waals surface area (Å²) >= 11 is 0. The summed E-state index contributed by atoms with van der Waals surface area (Å²) in [5, 5.41) is 0. The molecule has 0 radical (unpaired) electrons. The number of aromatic nitrogens is 2. The van der Waals surface area contributed by atoms with Crippen molar-refractivity contribution >= 4 is 5.97 Å². The molecule has 0 atom stereocenters. The summed E-state index contributed by atoms with van der Waals surface area (Å²) in [7, 11) is 1.36. The number of esters is 1. The molecule has 28 heavy (non-hydrogen) atoms. The van der Waals surface area contributed by atoms with E-state index >= 15 is 0 Å². The minimum Gasteiger partial charge on any atom is -0.464 e. The van der Waals surface area contributed by atoms with Crippen molar-refractivity contribution in [2.24, 2.45) is 0 Å². The molecular formula is C24H20N2O2. The molecule has 138 valence electrons. The Bertz CT molecular complexity index is 961. The predicted molar refractivity (Wildman–Crippen MR) is 108 cm³/mol. The third-order valence-electron chi connectivity index (χ3n) is 4.94. The van der Waals surface area contributed by atoms with Crippen molar-refractivity contribution in [1.82, 2.24) is 9.55 Å². The minimum absolute atomic E-state index is 0.273. The lowest BCUT2D eigenvalue weighted by Gasteiger charge is -2.37. The Hall–Kier alpha value is -3.66. The molecule has 0 aliphatic rings. The van der Waals surface area contributed by atoms with Crippen molar-refractivity contribution in [2.45, 2.75) is 5.54 Å². The van der Waals surface area contributed by atoms with Gasteiger partial charge in [0, 0.05) is 6.20 Å². The van der Waals surface area contributed by atoms with Crippen molar-refractivity contribution in [2.75, 3.05) is 7.11 Å². The Morgan fingerprint density at radius 3 is 1.61 bits per heavy atom. The molecule has 0 fully saturated rings. The van der Waals surface area contributed by atoms with Crippen LogP contribution in [0.4, 0.5) is 0 Å². The van der Waals surface area contributed by atoms with E-state index in [2.05, 4.69) is 41.4 Å². The first kappa shape index (κ1) is 17.7. The maximum Gasteiger partial charge on any atom is 0.358 e. The van der Waals surface area contributed by atoms with E-state index in [-0.39, 0.29) is 5.69 Å². The Morgan fingerprint density at radius 2 is 1.21 bits per heavy atom. The van der Waals surface area contributed by atoms with E-state index in [1.165, 1.54) is 7.11 Å². The fourth-order valence-electron chi connectivity index (χ4n) is 3.70. The number of hydrogen-bond acceptors (Lipinski definition) is 3. The van der Waals surface area contributed by atoms with Crippen molar-refractivity contribution in [1.29, 1.82) is 0 Å². The second-order valence-electron chi connectivity index (χ2n) is 6.47. The lowest BCUT2D eigenvalue weighted by molar-refractivity contribution is 0.0594. The van der Waals surface area contributed by atoms with Crippen molar-refractivity contribution in [3.63, 3.8) is 0 Å². The van der Waals surface area contributed by atoms with Gasteiger partial charge in [-0.15, -0.1) is 0 Å². The fraction of sp³-hybridized carbons (Fsp3) is 0.0833. The van der Waals surface area contributed by atoms with E-state index in [1.807, 2.05) is 59.2 Å². The Labute approximate surface area is 164 Å². The van der Waals surface area contributed by atoms with E-state index in [0.717, 1.165) is 16.7 Å². The van der Waals surface area contributed by atoms with Gasteiger partial charge in [-0.2, -0.15) is 0 Å². The van der Waals surface area contributed by atoms with Crippen LogP contribution in [0.5, 0.6) is 0 Å². The van der Waals surface area contributed by atoms with Gasteiger partial charge in [-0.25, -0.2) is 9.78 Å². The zero-order valence-corrected chi connectivity index (χ0v) is 15.5. The monoisotopic (exact) mass is 368 g/mol. The number of ether oxygens (including phenoxy) is 1. The summed E-state index contributed by atoms with van der Waals surface area (Å²) in [4.78, 5) is 16.4. The van der Waals surface area contributed by atoms with Crippen LogP contribution in [0.15, 0.2) is 104 Å². The van der Waals surface area contributed by atoms with Crippen molar-refractivity contribution in [3.8, 4) is 0 Å². The quantitative estimate of drug-likeness (QED) is 0.385. The van der Waals surface area contributed by atoms with Crippen LogP contribution in [0.1, 0.15) is 27.2 Å². The number of hydrogen-bond donors (Lipinski definition) is 0. The highest BCUT2D eigenvalue weighted by atomic mass is 16.5. The van der Waals surface area contributed by atoms with E-state index in [1.54, 1.807) is 12.5 Å². The molecule has 0 aliphatic carbocycles. The molecule has 4 rings (SSSR count). The van der Waals surface area contributed by atoms with Gasteiger partial charge in [-0.05, 0) is 16.7 Å². The standard InChI is InChI=1S/C24H20N2O2/c1-28-23(27)22-17-26(18-25-22)24(19-11-5-2-6-12-19,20-13-7-3-8-14-20)21-15-9-4-10-16-21/h2-18H,1H3. The maximum absolute atomic E-state index is 12.1. The van der Waals surface area contributed by atoms with Crippen LogP contribution in [0.2, 0.25) is 0 Å². The van der Waals surface area contributed by atoms with Gasteiger partial charge < -0.3 is 9.30 Å². The summed E-state index contributed by atoms with van der Waals surface area (Å²) in [6, 6.07) is 30.7. The second-order valence-corrected chi connectivity index (χ2v) is 6.47. The maximum atomic E-state index is 12.1. The van der Waals surface area contributed by atoms with Gasteiger partial charge in [0.05, 0.1) is 13.4 Å². The van der Waals surface area contributed by atoms with Gasteiger partial charge in [-0.3, -0.25) is 0 Å². The predicted octanol–water partition coefficient (Wildman–Crippen LogP) is 4.51. The zero-order chi connectivity index (χ0) is 19.4. The van der Waals surface area contributed by atoms with Gasteiger partial charge in [0.25, 0.3) is 0 Å². The normalized spacial score (nSPS) is 11.2. The van der Waals surface area contributed by atoms with E-state index < -0.39 is 11.5 Å². The molecule has 4 nitrogen and oxygen atoms in total. The average Bonchev–Trinajstić information content (AvgIpc) is 3.26. The van der Waals surface area contributed by atoms with Crippen LogP contribution in [0.25, 0.3) is 0 Å². The fourth-order valence-corrected chi connectivity index (χ4v) is 3.70. The van der Waals surface area contributed by atoms with E-state index in [0.29, 0.717) is 0 Å². The molecular weight excluding hydrogens is 348 g/mol. The first-order chi connectivity index (χ1) is 13.8. The molecule has 0 aliphatic heterocycles.